The van der Waals surface area contributed by atoms with Gasteiger partial charge in [0, 0.05) is 48.1 Å². The number of aromatic nitrogens is 2. The molecule has 2 aliphatic heterocycles. The molecule has 5 rings (SSSR count). The second kappa shape index (κ2) is 8.47. The van der Waals surface area contributed by atoms with Crippen molar-refractivity contribution < 1.29 is 19.4 Å². The van der Waals surface area contributed by atoms with Gasteiger partial charge >= 0.3 is 5.97 Å². The van der Waals surface area contributed by atoms with Crippen molar-refractivity contribution in [3.63, 3.8) is 0 Å². The zero-order valence-electron chi connectivity index (χ0n) is 19.4. The first-order chi connectivity index (χ1) is 16.0. The maximum Gasteiger partial charge on any atom is 0.354 e. The number of pyridine rings is 1. The van der Waals surface area contributed by atoms with Crippen molar-refractivity contribution in [3.8, 4) is 5.75 Å². The monoisotopic (exact) mass is 449 g/mol. The number of carboxylic acids is 1. The number of fused-ring (bicyclic) bond motifs is 3. The minimum atomic E-state index is -1.00. The fraction of sp³-hybridized carbons (Fsp3) is 0.462. The Morgan fingerprint density at radius 2 is 2.21 bits per heavy atom. The van der Waals surface area contributed by atoms with Crippen LogP contribution in [0.4, 0.5) is 0 Å². The number of aromatic carboxylic acids is 1. The molecule has 7 nitrogen and oxygen atoms in total. The van der Waals surface area contributed by atoms with Gasteiger partial charge in [0.1, 0.15) is 11.4 Å². The Labute approximate surface area is 193 Å². The van der Waals surface area contributed by atoms with E-state index in [-0.39, 0.29) is 17.3 Å². The number of ether oxygens (including phenoxy) is 2. The van der Waals surface area contributed by atoms with Crippen LogP contribution < -0.4 is 4.74 Å². The second-order valence-electron chi connectivity index (χ2n) is 9.25. The number of aryl methyl sites for hydroxylation is 1. The van der Waals surface area contributed by atoms with Crippen LogP contribution in [0.2, 0.25) is 0 Å². The smallest absolute Gasteiger partial charge is 0.354 e. The van der Waals surface area contributed by atoms with Gasteiger partial charge in [0.05, 0.1) is 18.8 Å². The molecule has 3 unspecified atom stereocenters. The molecule has 7 heteroatoms. The largest absolute Gasteiger partial charge is 0.496 e. The zero-order valence-corrected chi connectivity index (χ0v) is 19.4. The third kappa shape index (κ3) is 3.60. The summed E-state index contributed by atoms with van der Waals surface area (Å²) < 4.78 is 12.0. The third-order valence-corrected chi connectivity index (χ3v) is 7.56. The first-order valence-corrected chi connectivity index (χ1v) is 11.7. The molecule has 4 heterocycles. The Bertz CT molecular complexity index is 1170. The first-order valence-electron chi connectivity index (χ1n) is 11.7. The molecule has 0 aliphatic carbocycles. The summed E-state index contributed by atoms with van der Waals surface area (Å²) in [5.41, 5.74) is 4.38. The summed E-state index contributed by atoms with van der Waals surface area (Å²) in [6.45, 7) is 5.59. The maximum atomic E-state index is 11.4. The molecule has 33 heavy (non-hydrogen) atoms. The van der Waals surface area contributed by atoms with Crippen LogP contribution in [0.3, 0.4) is 0 Å². The van der Waals surface area contributed by atoms with Gasteiger partial charge in [-0.05, 0) is 68.9 Å². The summed E-state index contributed by atoms with van der Waals surface area (Å²) in [6.07, 6.45) is 7.88. The van der Waals surface area contributed by atoms with E-state index in [1.165, 1.54) is 10.9 Å². The maximum absolute atomic E-state index is 11.4. The summed E-state index contributed by atoms with van der Waals surface area (Å²) in [6, 6.07) is 8.19. The number of hydrogen-bond donors (Lipinski definition) is 2. The van der Waals surface area contributed by atoms with E-state index < -0.39 is 5.97 Å². The van der Waals surface area contributed by atoms with Crippen LogP contribution in [-0.4, -0.2) is 51.8 Å². The lowest BCUT2D eigenvalue weighted by atomic mass is 9.80. The summed E-state index contributed by atoms with van der Waals surface area (Å²) >= 11 is 0. The van der Waals surface area contributed by atoms with Crippen molar-refractivity contribution in [1.29, 1.82) is 0 Å². The van der Waals surface area contributed by atoms with Gasteiger partial charge in [0.15, 0.2) is 0 Å². The molecule has 2 N–H and O–H groups in total. The Balaban J connectivity index is 1.59. The predicted octanol–water partition coefficient (Wildman–Crippen LogP) is 4.64. The minimum absolute atomic E-state index is 0.0719. The number of carboxylic acid groups (broad SMARTS) is 1. The lowest BCUT2D eigenvalue weighted by molar-refractivity contribution is -0.0594. The van der Waals surface area contributed by atoms with Gasteiger partial charge < -0.3 is 19.6 Å². The molecule has 2 bridgehead atoms. The van der Waals surface area contributed by atoms with Crippen molar-refractivity contribution in [2.24, 2.45) is 0 Å². The van der Waals surface area contributed by atoms with Crippen LogP contribution in [0.15, 0.2) is 36.7 Å². The molecule has 0 spiro atoms. The Morgan fingerprint density at radius 1 is 1.36 bits per heavy atom. The molecule has 3 aromatic rings. The molecule has 1 aromatic carbocycles. The van der Waals surface area contributed by atoms with Crippen LogP contribution >= 0.6 is 0 Å². The fourth-order valence-electron chi connectivity index (χ4n) is 6.10. The number of aromatic amines is 1. The van der Waals surface area contributed by atoms with Gasteiger partial charge in [-0.2, -0.15) is 0 Å². The molecular formula is C26H31N3O4. The van der Waals surface area contributed by atoms with Crippen LogP contribution in [0.1, 0.15) is 59.8 Å². The fourth-order valence-corrected chi connectivity index (χ4v) is 6.10. The molecule has 174 valence electrons. The molecule has 0 radical (unpaired) electrons. The topological polar surface area (TPSA) is 87.7 Å². The summed E-state index contributed by atoms with van der Waals surface area (Å²) in [5.74, 6) is -0.101. The highest BCUT2D eigenvalue weighted by Gasteiger charge is 2.53. The lowest BCUT2D eigenvalue weighted by Gasteiger charge is -2.48. The van der Waals surface area contributed by atoms with E-state index in [9.17, 15) is 9.90 Å². The highest BCUT2D eigenvalue weighted by atomic mass is 16.5. The van der Waals surface area contributed by atoms with Crippen molar-refractivity contribution >= 4 is 16.9 Å². The van der Waals surface area contributed by atoms with Gasteiger partial charge in [-0.25, -0.2) is 9.78 Å². The molecule has 2 fully saturated rings. The quantitative estimate of drug-likeness (QED) is 0.547. The molecular weight excluding hydrogens is 418 g/mol. The van der Waals surface area contributed by atoms with E-state index in [2.05, 4.69) is 33.9 Å². The Hall–Kier alpha value is -2.90. The van der Waals surface area contributed by atoms with Gasteiger partial charge in [-0.3, -0.25) is 4.90 Å². The summed E-state index contributed by atoms with van der Waals surface area (Å²) in [5, 5.41) is 10.5. The van der Waals surface area contributed by atoms with Crippen molar-refractivity contribution in [3.05, 3.63) is 59.0 Å². The van der Waals surface area contributed by atoms with Crippen LogP contribution in [0, 0.1) is 6.92 Å². The molecule has 0 amide bonds. The number of hydrogen-bond acceptors (Lipinski definition) is 5. The van der Waals surface area contributed by atoms with Gasteiger partial charge in [-0.15, -0.1) is 0 Å². The molecule has 0 saturated carbocycles. The number of rotatable bonds is 7. The molecule has 3 atom stereocenters. The van der Waals surface area contributed by atoms with E-state index in [1.54, 1.807) is 19.4 Å². The van der Waals surface area contributed by atoms with Crippen molar-refractivity contribution in [2.75, 3.05) is 13.7 Å². The highest BCUT2D eigenvalue weighted by molar-refractivity contribution is 5.88. The predicted molar refractivity (Wildman–Crippen MR) is 126 cm³/mol. The number of methoxy groups -OCH3 is 1. The van der Waals surface area contributed by atoms with Crippen molar-refractivity contribution in [1.82, 2.24) is 14.9 Å². The normalized spacial score (nSPS) is 24.9. The van der Waals surface area contributed by atoms with E-state index in [0.29, 0.717) is 12.6 Å². The average Bonchev–Trinajstić information content (AvgIpc) is 3.38. The Morgan fingerprint density at radius 3 is 2.91 bits per heavy atom. The number of H-pyrrole nitrogens is 1. The standard InChI is InChI=1S/C26H31N3O4/c1-4-33-19-12-18-7-9-26(13-19,17-5-6-22(25(30)31)28-14-17)29(18)15-21-20-8-10-27-24(20)16(2)11-23(21)32-3/h5-6,8,10-11,14,18-19,27H,4,7,9,12-13,15H2,1-3H3,(H,30,31). The van der Waals surface area contributed by atoms with Gasteiger partial charge in [0.2, 0.25) is 0 Å². The zero-order chi connectivity index (χ0) is 23.2. The Kier molecular flexibility index (Phi) is 5.62. The average molecular weight is 450 g/mol. The van der Waals surface area contributed by atoms with Gasteiger partial charge in [0.25, 0.3) is 0 Å². The highest BCUT2D eigenvalue weighted by Crippen LogP contribution is 2.52. The van der Waals surface area contributed by atoms with E-state index in [0.717, 1.165) is 54.6 Å². The molecule has 2 aromatic heterocycles. The number of carbonyl (C=O) groups is 1. The van der Waals surface area contributed by atoms with E-state index >= 15 is 0 Å². The molecule has 2 saturated heterocycles. The lowest BCUT2D eigenvalue weighted by Crippen LogP contribution is -2.52. The van der Waals surface area contributed by atoms with Crippen LogP contribution in [0.5, 0.6) is 5.75 Å². The second-order valence-corrected chi connectivity index (χ2v) is 9.25. The number of nitrogens with one attached hydrogen (secondary N) is 1. The van der Waals surface area contributed by atoms with E-state index in [4.69, 9.17) is 9.47 Å². The number of benzene rings is 1. The summed E-state index contributed by atoms with van der Waals surface area (Å²) in [4.78, 5) is 21.6. The van der Waals surface area contributed by atoms with Crippen LogP contribution in [0.25, 0.3) is 10.9 Å². The SMILES string of the molecule is CCOC1CC2CCC(c3ccc(C(=O)O)nc3)(C1)N2Cc1c(OC)cc(C)c2[nH]ccc12. The molecule has 2 aliphatic rings. The number of nitrogens with zero attached hydrogens (tertiary/aromatic N) is 2. The van der Waals surface area contributed by atoms with Gasteiger partial charge in [-0.1, -0.05) is 6.07 Å². The number of piperidine rings is 1. The van der Waals surface area contributed by atoms with Crippen molar-refractivity contribution in [2.45, 2.75) is 63.8 Å². The third-order valence-electron chi connectivity index (χ3n) is 7.56. The van der Waals surface area contributed by atoms with Crippen LogP contribution in [-0.2, 0) is 16.8 Å². The van der Waals surface area contributed by atoms with E-state index in [1.807, 2.05) is 19.2 Å². The first kappa shape index (κ1) is 21.9. The minimum Gasteiger partial charge on any atom is -0.496 e. The summed E-state index contributed by atoms with van der Waals surface area (Å²) in [7, 11) is 1.73.